The van der Waals surface area contributed by atoms with Gasteiger partial charge in [0, 0.05) is 38.3 Å². The van der Waals surface area contributed by atoms with E-state index in [9.17, 15) is 14.0 Å². The molecule has 2 fully saturated rings. The lowest BCUT2D eigenvalue weighted by molar-refractivity contribution is -0.117. The van der Waals surface area contributed by atoms with Gasteiger partial charge in [-0.1, -0.05) is 0 Å². The number of likely N-dealkylation sites (N-methyl/N-ethyl adjacent to an activating group) is 1. The number of benzene rings is 1. The monoisotopic (exact) mass is 305 g/mol. The molecule has 0 spiro atoms. The highest BCUT2D eigenvalue weighted by Gasteiger charge is 2.28. The van der Waals surface area contributed by atoms with Crippen molar-refractivity contribution in [2.45, 2.75) is 25.3 Å². The SMILES string of the molecule is CN(C(=O)c1cc(N2CCCC2=O)ccc1F)[C@@H]1CCNC1. The molecular weight excluding hydrogens is 285 g/mol. The van der Waals surface area contributed by atoms with E-state index in [0.717, 1.165) is 25.9 Å². The van der Waals surface area contributed by atoms with E-state index in [1.165, 1.54) is 12.1 Å². The second-order valence-corrected chi connectivity index (χ2v) is 5.88. The second kappa shape index (κ2) is 6.04. The van der Waals surface area contributed by atoms with Crippen molar-refractivity contribution in [2.75, 3.05) is 31.6 Å². The topological polar surface area (TPSA) is 52.7 Å². The summed E-state index contributed by atoms with van der Waals surface area (Å²) in [6.45, 7) is 2.22. The fourth-order valence-electron chi connectivity index (χ4n) is 3.09. The average Bonchev–Trinajstić information content (AvgIpc) is 3.18. The summed E-state index contributed by atoms with van der Waals surface area (Å²) in [7, 11) is 1.70. The standard InChI is InChI=1S/C16H20FN3O2/c1-19(12-6-7-18-10-12)16(22)13-9-11(4-5-14(13)17)20-8-2-3-15(20)21/h4-5,9,12,18H,2-3,6-8,10H2,1H3/t12-/m1/s1. The molecule has 0 radical (unpaired) electrons. The van der Waals surface area contributed by atoms with Crippen molar-refractivity contribution < 1.29 is 14.0 Å². The Labute approximate surface area is 129 Å². The minimum absolute atomic E-state index is 0.0263. The number of anilines is 1. The Bertz CT molecular complexity index is 599. The van der Waals surface area contributed by atoms with Crippen LogP contribution in [0.3, 0.4) is 0 Å². The van der Waals surface area contributed by atoms with Gasteiger partial charge in [-0.25, -0.2) is 4.39 Å². The fourth-order valence-corrected chi connectivity index (χ4v) is 3.09. The third kappa shape index (κ3) is 2.70. The number of hydrogen-bond donors (Lipinski definition) is 1. The van der Waals surface area contributed by atoms with Crippen LogP contribution in [0.5, 0.6) is 0 Å². The first-order chi connectivity index (χ1) is 10.6. The normalized spacial score (nSPS) is 21.5. The summed E-state index contributed by atoms with van der Waals surface area (Å²) in [6.07, 6.45) is 2.18. The molecule has 2 amide bonds. The second-order valence-electron chi connectivity index (χ2n) is 5.88. The summed E-state index contributed by atoms with van der Waals surface area (Å²) in [4.78, 5) is 27.6. The summed E-state index contributed by atoms with van der Waals surface area (Å²) < 4.78 is 14.1. The van der Waals surface area contributed by atoms with Crippen LogP contribution in [0.25, 0.3) is 0 Å². The molecule has 0 bridgehead atoms. The van der Waals surface area contributed by atoms with Crippen LogP contribution in [-0.4, -0.2) is 49.4 Å². The molecule has 1 N–H and O–H groups in total. The van der Waals surface area contributed by atoms with Crippen LogP contribution in [-0.2, 0) is 4.79 Å². The van der Waals surface area contributed by atoms with Crippen LogP contribution in [0.2, 0.25) is 0 Å². The van der Waals surface area contributed by atoms with E-state index >= 15 is 0 Å². The van der Waals surface area contributed by atoms with Gasteiger partial charge in [0.25, 0.3) is 5.91 Å². The lowest BCUT2D eigenvalue weighted by Crippen LogP contribution is -2.38. The Hall–Kier alpha value is -1.95. The number of rotatable bonds is 3. The van der Waals surface area contributed by atoms with Gasteiger partial charge in [-0.15, -0.1) is 0 Å². The average molecular weight is 305 g/mol. The highest BCUT2D eigenvalue weighted by atomic mass is 19.1. The molecule has 2 saturated heterocycles. The Balaban J connectivity index is 1.85. The Kier molecular flexibility index (Phi) is 4.11. The number of nitrogens with one attached hydrogen (secondary N) is 1. The number of amides is 2. The van der Waals surface area contributed by atoms with Gasteiger partial charge in [-0.3, -0.25) is 9.59 Å². The molecule has 22 heavy (non-hydrogen) atoms. The third-order valence-corrected chi connectivity index (χ3v) is 4.47. The van der Waals surface area contributed by atoms with E-state index in [1.807, 2.05) is 0 Å². The minimum atomic E-state index is -0.543. The molecule has 0 unspecified atom stereocenters. The molecule has 3 rings (SSSR count). The number of carbonyl (C=O) groups is 2. The Morgan fingerprint density at radius 3 is 2.91 bits per heavy atom. The lowest BCUT2D eigenvalue weighted by atomic mass is 10.1. The van der Waals surface area contributed by atoms with E-state index in [1.54, 1.807) is 22.9 Å². The van der Waals surface area contributed by atoms with E-state index < -0.39 is 5.82 Å². The smallest absolute Gasteiger partial charge is 0.256 e. The highest BCUT2D eigenvalue weighted by Crippen LogP contribution is 2.25. The van der Waals surface area contributed by atoms with Crippen molar-refractivity contribution in [1.82, 2.24) is 10.2 Å². The maximum absolute atomic E-state index is 14.1. The number of hydrogen-bond acceptors (Lipinski definition) is 3. The molecule has 1 aromatic carbocycles. The van der Waals surface area contributed by atoms with Crippen molar-refractivity contribution in [3.8, 4) is 0 Å². The summed E-state index contributed by atoms with van der Waals surface area (Å²) in [5, 5.41) is 3.20. The summed E-state index contributed by atoms with van der Waals surface area (Å²) in [5.74, 6) is -0.851. The zero-order valence-corrected chi connectivity index (χ0v) is 12.6. The van der Waals surface area contributed by atoms with Crippen molar-refractivity contribution in [2.24, 2.45) is 0 Å². The van der Waals surface area contributed by atoms with Gasteiger partial charge >= 0.3 is 0 Å². The first-order valence-electron chi connectivity index (χ1n) is 7.65. The zero-order chi connectivity index (χ0) is 15.7. The zero-order valence-electron chi connectivity index (χ0n) is 12.6. The Morgan fingerprint density at radius 1 is 1.45 bits per heavy atom. The molecule has 5 nitrogen and oxygen atoms in total. The van der Waals surface area contributed by atoms with Crippen LogP contribution in [0.15, 0.2) is 18.2 Å². The molecule has 0 saturated carbocycles. The van der Waals surface area contributed by atoms with Crippen molar-refractivity contribution >= 4 is 17.5 Å². The summed E-state index contributed by atoms with van der Waals surface area (Å²) in [6, 6.07) is 4.42. The molecule has 2 aliphatic heterocycles. The van der Waals surface area contributed by atoms with Gasteiger partial charge in [0.15, 0.2) is 0 Å². The van der Waals surface area contributed by atoms with Crippen molar-refractivity contribution in [3.63, 3.8) is 0 Å². The predicted molar refractivity (Wildman–Crippen MR) is 81.4 cm³/mol. The molecule has 1 aromatic rings. The molecule has 0 aromatic heterocycles. The molecule has 0 aliphatic carbocycles. The number of carbonyl (C=O) groups excluding carboxylic acids is 2. The number of halogens is 1. The van der Waals surface area contributed by atoms with Gasteiger partial charge in [-0.2, -0.15) is 0 Å². The summed E-state index contributed by atoms with van der Waals surface area (Å²) >= 11 is 0. The fraction of sp³-hybridized carbons (Fsp3) is 0.500. The third-order valence-electron chi connectivity index (χ3n) is 4.47. The highest BCUT2D eigenvalue weighted by molar-refractivity contribution is 5.99. The van der Waals surface area contributed by atoms with Gasteiger partial charge in [0.2, 0.25) is 5.91 Å². The van der Waals surface area contributed by atoms with Crippen LogP contribution < -0.4 is 10.2 Å². The van der Waals surface area contributed by atoms with Crippen LogP contribution in [0.1, 0.15) is 29.6 Å². The van der Waals surface area contributed by atoms with E-state index in [0.29, 0.717) is 18.7 Å². The molecular formula is C16H20FN3O2. The quantitative estimate of drug-likeness (QED) is 0.918. The van der Waals surface area contributed by atoms with Gasteiger partial charge in [0.05, 0.1) is 5.56 Å². The maximum Gasteiger partial charge on any atom is 0.256 e. The predicted octanol–water partition coefficient (Wildman–Crippen LogP) is 1.39. The number of nitrogens with zero attached hydrogens (tertiary/aromatic N) is 2. The molecule has 1 atom stereocenters. The van der Waals surface area contributed by atoms with E-state index in [2.05, 4.69) is 5.32 Å². The van der Waals surface area contributed by atoms with Crippen LogP contribution in [0, 0.1) is 5.82 Å². The first kappa shape index (κ1) is 15.0. The van der Waals surface area contributed by atoms with E-state index in [-0.39, 0.29) is 23.4 Å². The molecule has 2 aliphatic rings. The van der Waals surface area contributed by atoms with Crippen LogP contribution >= 0.6 is 0 Å². The summed E-state index contributed by atoms with van der Waals surface area (Å²) in [5.41, 5.74) is 0.636. The largest absolute Gasteiger partial charge is 0.337 e. The molecule has 6 heteroatoms. The molecule has 118 valence electrons. The van der Waals surface area contributed by atoms with Gasteiger partial charge < -0.3 is 15.1 Å². The van der Waals surface area contributed by atoms with Crippen LogP contribution in [0.4, 0.5) is 10.1 Å². The minimum Gasteiger partial charge on any atom is -0.337 e. The molecule has 2 heterocycles. The van der Waals surface area contributed by atoms with E-state index in [4.69, 9.17) is 0 Å². The van der Waals surface area contributed by atoms with Crippen molar-refractivity contribution in [1.29, 1.82) is 0 Å². The first-order valence-corrected chi connectivity index (χ1v) is 7.65. The lowest BCUT2D eigenvalue weighted by Gasteiger charge is -2.25. The van der Waals surface area contributed by atoms with Gasteiger partial charge in [0.1, 0.15) is 5.82 Å². The van der Waals surface area contributed by atoms with Gasteiger partial charge in [-0.05, 0) is 37.6 Å². The Morgan fingerprint density at radius 2 is 2.27 bits per heavy atom. The maximum atomic E-state index is 14.1. The van der Waals surface area contributed by atoms with Crippen molar-refractivity contribution in [3.05, 3.63) is 29.6 Å².